The molecule has 0 aromatic heterocycles. The van der Waals surface area contributed by atoms with Crippen LogP contribution in [0.3, 0.4) is 0 Å². The van der Waals surface area contributed by atoms with E-state index < -0.39 is 17.6 Å². The fraction of sp³-hybridized carbons (Fsp3) is 0.300. The van der Waals surface area contributed by atoms with Crippen molar-refractivity contribution in [1.29, 1.82) is 0 Å². The van der Waals surface area contributed by atoms with Crippen LogP contribution in [-0.2, 0) is 22.6 Å². The van der Waals surface area contributed by atoms with E-state index in [2.05, 4.69) is 18.2 Å². The number of aliphatic carboxylic acids is 1. The summed E-state index contributed by atoms with van der Waals surface area (Å²) in [5.74, 6) is -1.08. The molecular weight excluding hydrogens is 318 g/mol. The molecule has 1 amide bonds. The summed E-state index contributed by atoms with van der Waals surface area (Å²) in [4.78, 5) is 24.6. The van der Waals surface area contributed by atoms with Gasteiger partial charge in [0.2, 0.25) is 0 Å². The van der Waals surface area contributed by atoms with Crippen LogP contribution in [0.15, 0.2) is 42.5 Å². The van der Waals surface area contributed by atoms with Crippen molar-refractivity contribution in [3.63, 3.8) is 0 Å². The molecule has 2 aromatic carbocycles. The molecule has 0 aliphatic heterocycles. The summed E-state index contributed by atoms with van der Waals surface area (Å²) in [6.07, 6.45) is 0.163. The topological polar surface area (TPSA) is 66.8 Å². The Morgan fingerprint density at radius 1 is 1.12 bits per heavy atom. The van der Waals surface area contributed by atoms with Crippen LogP contribution >= 0.6 is 0 Å². The molecule has 0 saturated carbocycles. The van der Waals surface area contributed by atoms with Crippen LogP contribution in [0.2, 0.25) is 0 Å². The Morgan fingerprint density at radius 3 is 2.52 bits per heavy atom. The van der Waals surface area contributed by atoms with Crippen LogP contribution in [0.1, 0.15) is 30.5 Å². The zero-order valence-corrected chi connectivity index (χ0v) is 14.6. The van der Waals surface area contributed by atoms with Crippen molar-refractivity contribution >= 4 is 12.1 Å². The average Bonchev–Trinajstić information content (AvgIpc) is 2.98. The molecule has 3 rings (SSSR count). The minimum Gasteiger partial charge on any atom is -0.480 e. The minimum absolute atomic E-state index is 0.121. The second-order valence-corrected chi connectivity index (χ2v) is 6.75. The van der Waals surface area contributed by atoms with Crippen molar-refractivity contribution < 1.29 is 19.4 Å². The van der Waals surface area contributed by atoms with Gasteiger partial charge in [-0.15, -0.1) is 0 Å². The minimum atomic E-state index is -1.33. The lowest BCUT2D eigenvalue weighted by atomic mass is 10.0. The number of hydrogen-bond acceptors (Lipinski definition) is 3. The number of amides is 1. The molecule has 0 bridgehead atoms. The van der Waals surface area contributed by atoms with E-state index in [0.29, 0.717) is 0 Å². The maximum Gasteiger partial charge on any atom is 0.410 e. The number of carboxylic acids is 1. The summed E-state index contributed by atoms with van der Waals surface area (Å²) in [5.41, 5.74) is 4.44. The first kappa shape index (κ1) is 17.0. The van der Waals surface area contributed by atoms with Crippen LogP contribution in [0.4, 0.5) is 4.79 Å². The number of nitrogens with zero attached hydrogens (tertiary/aromatic N) is 1. The average molecular weight is 339 g/mol. The monoisotopic (exact) mass is 339 g/mol. The molecule has 0 unspecified atom stereocenters. The van der Waals surface area contributed by atoms with Crippen molar-refractivity contribution in [2.75, 3.05) is 7.05 Å². The third-order valence-electron chi connectivity index (χ3n) is 4.93. The Kier molecular flexibility index (Phi) is 4.25. The molecule has 1 aliphatic carbocycles. The van der Waals surface area contributed by atoms with E-state index in [1.165, 1.54) is 37.6 Å². The molecule has 2 aromatic rings. The lowest BCUT2D eigenvalue weighted by Crippen LogP contribution is -2.50. The van der Waals surface area contributed by atoms with E-state index in [1.54, 1.807) is 0 Å². The third-order valence-corrected chi connectivity index (χ3v) is 4.93. The highest BCUT2D eigenvalue weighted by atomic mass is 16.6. The second kappa shape index (κ2) is 6.24. The summed E-state index contributed by atoms with van der Waals surface area (Å²) in [7, 11) is 1.43. The van der Waals surface area contributed by atoms with E-state index in [9.17, 15) is 14.7 Å². The largest absolute Gasteiger partial charge is 0.480 e. The SMILES string of the molecule is CN(C(=O)OCc1cccc2c1Cc1ccccc1-2)C(C)(C)C(=O)O. The summed E-state index contributed by atoms with van der Waals surface area (Å²) in [5, 5.41) is 9.22. The molecule has 5 nitrogen and oxygen atoms in total. The molecule has 0 fully saturated rings. The Bertz CT molecular complexity index is 841. The van der Waals surface area contributed by atoms with Crippen molar-refractivity contribution in [2.24, 2.45) is 0 Å². The summed E-state index contributed by atoms with van der Waals surface area (Å²) >= 11 is 0. The van der Waals surface area contributed by atoms with Gasteiger partial charge in [0.1, 0.15) is 12.1 Å². The van der Waals surface area contributed by atoms with Crippen molar-refractivity contribution in [1.82, 2.24) is 4.90 Å². The van der Waals surface area contributed by atoms with E-state index >= 15 is 0 Å². The molecular formula is C20H21NO4. The zero-order chi connectivity index (χ0) is 18.2. The van der Waals surface area contributed by atoms with Gasteiger partial charge < -0.3 is 9.84 Å². The van der Waals surface area contributed by atoms with Gasteiger partial charge >= 0.3 is 12.1 Å². The molecule has 130 valence electrons. The first-order valence-corrected chi connectivity index (χ1v) is 8.15. The Hall–Kier alpha value is -2.82. The smallest absolute Gasteiger partial charge is 0.410 e. The molecule has 5 heteroatoms. The normalized spacial score (nSPS) is 12.3. The predicted octanol–water partition coefficient (Wildman–Crippen LogP) is 3.69. The number of carbonyl (C=O) groups excluding carboxylic acids is 1. The highest BCUT2D eigenvalue weighted by Crippen LogP contribution is 2.38. The van der Waals surface area contributed by atoms with E-state index in [-0.39, 0.29) is 6.61 Å². The van der Waals surface area contributed by atoms with Gasteiger partial charge in [0, 0.05) is 7.05 Å². The number of fused-ring (bicyclic) bond motifs is 3. The first-order valence-electron chi connectivity index (χ1n) is 8.15. The molecule has 1 N–H and O–H groups in total. The quantitative estimate of drug-likeness (QED) is 0.787. The fourth-order valence-electron chi connectivity index (χ4n) is 2.97. The lowest BCUT2D eigenvalue weighted by molar-refractivity contribution is -0.147. The van der Waals surface area contributed by atoms with Crippen LogP contribution in [0, 0.1) is 0 Å². The van der Waals surface area contributed by atoms with Crippen molar-refractivity contribution in [3.05, 3.63) is 59.2 Å². The van der Waals surface area contributed by atoms with Crippen LogP contribution in [-0.4, -0.2) is 34.7 Å². The van der Waals surface area contributed by atoms with E-state index in [4.69, 9.17) is 4.74 Å². The number of carboxylic acid groups (broad SMARTS) is 1. The number of carbonyl (C=O) groups is 2. The summed E-state index contributed by atoms with van der Waals surface area (Å²) in [6.45, 7) is 3.05. The Labute approximate surface area is 146 Å². The highest BCUT2D eigenvalue weighted by molar-refractivity contribution is 5.83. The highest BCUT2D eigenvalue weighted by Gasteiger charge is 2.36. The number of rotatable bonds is 4. The van der Waals surface area contributed by atoms with Gasteiger partial charge in [-0.25, -0.2) is 9.59 Å². The molecule has 0 atom stereocenters. The van der Waals surface area contributed by atoms with Gasteiger partial charge in [0.05, 0.1) is 0 Å². The molecule has 1 aliphatic rings. The Balaban J connectivity index is 1.76. The van der Waals surface area contributed by atoms with Crippen LogP contribution < -0.4 is 0 Å². The third kappa shape index (κ3) is 2.97. The number of benzene rings is 2. The van der Waals surface area contributed by atoms with Crippen molar-refractivity contribution in [3.8, 4) is 11.1 Å². The van der Waals surface area contributed by atoms with Gasteiger partial charge in [-0.1, -0.05) is 42.5 Å². The standard InChI is InChI=1S/C20H21NO4/c1-20(2,18(22)23)21(3)19(24)25-12-14-8-6-10-16-15-9-5-4-7-13(15)11-17(14)16/h4-10H,11-12H2,1-3H3,(H,22,23). The van der Waals surface area contributed by atoms with E-state index in [0.717, 1.165) is 22.4 Å². The Morgan fingerprint density at radius 2 is 1.80 bits per heavy atom. The van der Waals surface area contributed by atoms with Crippen molar-refractivity contribution in [2.45, 2.75) is 32.4 Å². The second-order valence-electron chi connectivity index (χ2n) is 6.75. The fourth-order valence-corrected chi connectivity index (χ4v) is 2.97. The van der Waals surface area contributed by atoms with Crippen LogP contribution in [0.5, 0.6) is 0 Å². The molecule has 0 spiro atoms. The van der Waals surface area contributed by atoms with E-state index in [1.807, 2.05) is 24.3 Å². The predicted molar refractivity (Wildman–Crippen MR) is 94.3 cm³/mol. The van der Waals surface area contributed by atoms with Gasteiger partial charge in [-0.3, -0.25) is 4.90 Å². The lowest BCUT2D eigenvalue weighted by Gasteiger charge is -2.30. The van der Waals surface area contributed by atoms with Gasteiger partial charge in [0.15, 0.2) is 0 Å². The molecule has 25 heavy (non-hydrogen) atoms. The van der Waals surface area contributed by atoms with Gasteiger partial charge in [0.25, 0.3) is 0 Å². The van der Waals surface area contributed by atoms with Gasteiger partial charge in [-0.05, 0) is 48.1 Å². The maximum atomic E-state index is 12.2. The molecule has 0 radical (unpaired) electrons. The van der Waals surface area contributed by atoms with Crippen LogP contribution in [0.25, 0.3) is 11.1 Å². The summed E-state index contributed by atoms with van der Waals surface area (Å²) in [6, 6.07) is 14.2. The number of likely N-dealkylation sites (N-methyl/N-ethyl adjacent to an activating group) is 1. The summed E-state index contributed by atoms with van der Waals surface area (Å²) < 4.78 is 5.37. The van der Waals surface area contributed by atoms with Gasteiger partial charge in [-0.2, -0.15) is 0 Å². The first-order chi connectivity index (χ1) is 11.8. The molecule has 0 heterocycles. The zero-order valence-electron chi connectivity index (χ0n) is 14.6. The molecule has 0 saturated heterocycles. The number of hydrogen-bond donors (Lipinski definition) is 1. The maximum absolute atomic E-state index is 12.2. The number of ether oxygens (including phenoxy) is 1.